The second-order valence-corrected chi connectivity index (χ2v) is 5.88. The predicted octanol–water partition coefficient (Wildman–Crippen LogP) is 1.67. The Balaban J connectivity index is 1.71. The molecule has 0 aliphatic heterocycles. The van der Waals surface area contributed by atoms with Crippen LogP contribution in [0.2, 0.25) is 0 Å². The van der Waals surface area contributed by atoms with Crippen molar-refractivity contribution in [3.63, 3.8) is 0 Å². The molecule has 0 saturated heterocycles. The van der Waals surface area contributed by atoms with Crippen LogP contribution in [0, 0.1) is 0 Å². The number of carbonyl (C=O) groups excluding carboxylic acids is 2. The quantitative estimate of drug-likeness (QED) is 0.618. The second-order valence-electron chi connectivity index (χ2n) is 5.88. The maximum absolute atomic E-state index is 12.6. The van der Waals surface area contributed by atoms with Crippen LogP contribution in [0.4, 0.5) is 0 Å². The lowest BCUT2D eigenvalue weighted by atomic mass is 10.1. The van der Waals surface area contributed by atoms with Gasteiger partial charge in [-0.3, -0.25) is 9.59 Å². The number of hydrogen-bond acceptors (Lipinski definition) is 5. The van der Waals surface area contributed by atoms with E-state index in [1.165, 1.54) is 7.11 Å². The molecule has 3 N–H and O–H groups in total. The minimum absolute atomic E-state index is 0.269. The summed E-state index contributed by atoms with van der Waals surface area (Å²) in [7, 11) is 1.45. The van der Waals surface area contributed by atoms with Crippen molar-refractivity contribution in [3.05, 3.63) is 72.1 Å². The average Bonchev–Trinajstić information content (AvgIpc) is 3.25. The van der Waals surface area contributed by atoms with E-state index >= 15 is 0 Å². The van der Waals surface area contributed by atoms with Crippen LogP contribution in [-0.4, -0.2) is 35.3 Å². The molecule has 1 aromatic heterocycles. The van der Waals surface area contributed by atoms with E-state index in [-0.39, 0.29) is 12.5 Å². The molecule has 3 rings (SSSR count). The number of para-hydroxylation sites is 1. The topological polar surface area (TPSA) is 108 Å². The largest absolute Gasteiger partial charge is 0.493 e. The van der Waals surface area contributed by atoms with Crippen molar-refractivity contribution in [1.29, 1.82) is 0 Å². The number of nitrogens with zero attached hydrogens (tertiary/aromatic N) is 2. The predicted molar refractivity (Wildman–Crippen MR) is 102 cm³/mol. The third-order valence-electron chi connectivity index (χ3n) is 3.98. The Bertz CT molecular complexity index is 970. The van der Waals surface area contributed by atoms with E-state index in [0.717, 1.165) is 11.3 Å². The number of nitrogens with one attached hydrogen (secondary N) is 1. The van der Waals surface area contributed by atoms with E-state index in [1.54, 1.807) is 29.1 Å². The van der Waals surface area contributed by atoms with Crippen LogP contribution >= 0.6 is 0 Å². The minimum atomic E-state index is -0.597. The van der Waals surface area contributed by atoms with Gasteiger partial charge in [0.15, 0.2) is 18.1 Å². The highest BCUT2D eigenvalue weighted by Crippen LogP contribution is 2.28. The van der Waals surface area contributed by atoms with Gasteiger partial charge in [-0.1, -0.05) is 18.2 Å². The third kappa shape index (κ3) is 4.47. The number of primary amides is 1. The van der Waals surface area contributed by atoms with Crippen molar-refractivity contribution in [1.82, 2.24) is 15.1 Å². The Kier molecular flexibility index (Phi) is 5.91. The zero-order valence-corrected chi connectivity index (χ0v) is 15.3. The minimum Gasteiger partial charge on any atom is -0.493 e. The highest BCUT2D eigenvalue weighted by molar-refractivity contribution is 5.94. The summed E-state index contributed by atoms with van der Waals surface area (Å²) < 4.78 is 12.2. The second kappa shape index (κ2) is 8.72. The van der Waals surface area contributed by atoms with Gasteiger partial charge >= 0.3 is 0 Å². The van der Waals surface area contributed by atoms with Gasteiger partial charge < -0.3 is 20.5 Å². The van der Waals surface area contributed by atoms with Crippen molar-refractivity contribution >= 4 is 11.8 Å². The summed E-state index contributed by atoms with van der Waals surface area (Å²) in [4.78, 5) is 23.4. The summed E-state index contributed by atoms with van der Waals surface area (Å²) >= 11 is 0. The van der Waals surface area contributed by atoms with Crippen molar-refractivity contribution in [2.45, 2.75) is 6.54 Å². The van der Waals surface area contributed by atoms with Gasteiger partial charge in [0.2, 0.25) is 0 Å². The molecule has 0 unspecified atom stereocenters. The number of benzene rings is 2. The molecule has 0 aliphatic carbocycles. The number of rotatable bonds is 8. The van der Waals surface area contributed by atoms with Gasteiger partial charge in [-0.2, -0.15) is 5.10 Å². The molecular weight excluding hydrogens is 360 g/mol. The van der Waals surface area contributed by atoms with Crippen LogP contribution < -0.4 is 20.5 Å². The number of carbonyl (C=O) groups is 2. The molecule has 2 aromatic carbocycles. The van der Waals surface area contributed by atoms with Gasteiger partial charge in [-0.05, 0) is 35.9 Å². The SMILES string of the molecule is COc1cc(C(=O)NCc2ccccc2-n2cccn2)ccc1OCC(N)=O. The van der Waals surface area contributed by atoms with Crippen molar-refractivity contribution < 1.29 is 19.1 Å². The Hall–Kier alpha value is -3.81. The highest BCUT2D eigenvalue weighted by atomic mass is 16.5. The fourth-order valence-electron chi connectivity index (χ4n) is 2.65. The van der Waals surface area contributed by atoms with Crippen molar-refractivity contribution in [2.75, 3.05) is 13.7 Å². The Morgan fingerprint density at radius 2 is 1.96 bits per heavy atom. The Morgan fingerprint density at radius 3 is 2.68 bits per heavy atom. The summed E-state index contributed by atoms with van der Waals surface area (Å²) in [5.41, 5.74) is 7.29. The molecule has 28 heavy (non-hydrogen) atoms. The first-order valence-corrected chi connectivity index (χ1v) is 8.53. The van der Waals surface area contributed by atoms with Crippen LogP contribution in [-0.2, 0) is 11.3 Å². The molecule has 8 nitrogen and oxygen atoms in total. The number of ether oxygens (including phenoxy) is 2. The Labute approximate surface area is 161 Å². The van der Waals surface area contributed by atoms with Crippen LogP contribution in [0.15, 0.2) is 60.9 Å². The molecule has 0 radical (unpaired) electrons. The number of aromatic nitrogens is 2. The van der Waals surface area contributed by atoms with E-state index in [2.05, 4.69) is 10.4 Å². The fraction of sp³-hybridized carbons (Fsp3) is 0.150. The first kappa shape index (κ1) is 19.0. The van der Waals surface area contributed by atoms with Gasteiger partial charge in [-0.25, -0.2) is 4.68 Å². The van der Waals surface area contributed by atoms with Crippen LogP contribution in [0.25, 0.3) is 5.69 Å². The van der Waals surface area contributed by atoms with Gasteiger partial charge in [0.25, 0.3) is 11.8 Å². The van der Waals surface area contributed by atoms with Gasteiger partial charge in [0, 0.05) is 24.5 Å². The van der Waals surface area contributed by atoms with Crippen LogP contribution in [0.3, 0.4) is 0 Å². The molecule has 2 amide bonds. The molecule has 144 valence electrons. The summed E-state index contributed by atoms with van der Waals surface area (Å²) in [6.07, 6.45) is 3.54. The number of methoxy groups -OCH3 is 1. The molecule has 8 heteroatoms. The fourth-order valence-corrected chi connectivity index (χ4v) is 2.65. The first-order valence-electron chi connectivity index (χ1n) is 8.53. The first-order chi connectivity index (χ1) is 13.6. The average molecular weight is 380 g/mol. The summed E-state index contributed by atoms with van der Waals surface area (Å²) in [6.45, 7) is 0.0588. The number of nitrogens with two attached hydrogens (primary N) is 1. The molecule has 0 spiro atoms. The third-order valence-corrected chi connectivity index (χ3v) is 3.98. The molecule has 0 saturated carbocycles. The molecular formula is C20H20N4O4. The molecule has 0 fully saturated rings. The standard InChI is InChI=1S/C20H20N4O4/c1-27-18-11-14(7-8-17(18)28-13-19(21)25)20(26)22-12-15-5-2-3-6-16(15)24-10-4-9-23-24/h2-11H,12-13H2,1H3,(H2,21,25)(H,22,26). The van der Waals surface area contributed by atoms with E-state index < -0.39 is 5.91 Å². The zero-order valence-electron chi connectivity index (χ0n) is 15.3. The summed E-state index contributed by atoms with van der Waals surface area (Å²) in [5, 5.41) is 7.12. The van der Waals surface area contributed by atoms with Gasteiger partial charge in [0.05, 0.1) is 12.8 Å². The lowest BCUT2D eigenvalue weighted by Gasteiger charge is -2.13. The number of amides is 2. The normalized spacial score (nSPS) is 10.3. The van der Waals surface area contributed by atoms with E-state index in [1.807, 2.05) is 36.5 Å². The van der Waals surface area contributed by atoms with Crippen LogP contribution in [0.1, 0.15) is 15.9 Å². The molecule has 0 atom stereocenters. The van der Waals surface area contributed by atoms with E-state index in [9.17, 15) is 9.59 Å². The molecule has 1 heterocycles. The van der Waals surface area contributed by atoms with Crippen molar-refractivity contribution in [2.24, 2.45) is 5.73 Å². The van der Waals surface area contributed by atoms with E-state index in [4.69, 9.17) is 15.2 Å². The maximum Gasteiger partial charge on any atom is 0.255 e. The molecule has 0 aliphatic rings. The smallest absolute Gasteiger partial charge is 0.255 e. The maximum atomic E-state index is 12.6. The van der Waals surface area contributed by atoms with Gasteiger partial charge in [-0.15, -0.1) is 0 Å². The Morgan fingerprint density at radius 1 is 1.14 bits per heavy atom. The van der Waals surface area contributed by atoms with Crippen LogP contribution in [0.5, 0.6) is 11.5 Å². The lowest BCUT2D eigenvalue weighted by molar-refractivity contribution is -0.119. The number of hydrogen-bond donors (Lipinski definition) is 2. The summed E-state index contributed by atoms with van der Waals surface area (Å²) in [5.74, 6) is -0.192. The van der Waals surface area contributed by atoms with Crippen molar-refractivity contribution in [3.8, 4) is 17.2 Å². The lowest BCUT2D eigenvalue weighted by Crippen LogP contribution is -2.24. The zero-order chi connectivity index (χ0) is 19.9. The monoisotopic (exact) mass is 380 g/mol. The molecule has 3 aromatic rings. The highest BCUT2D eigenvalue weighted by Gasteiger charge is 2.13. The van der Waals surface area contributed by atoms with E-state index in [0.29, 0.717) is 23.6 Å². The summed E-state index contributed by atoms with van der Waals surface area (Å²) in [6, 6.07) is 14.2. The van der Waals surface area contributed by atoms with Gasteiger partial charge in [0.1, 0.15) is 0 Å². The molecule has 0 bridgehead atoms.